The molecule has 142 valence electrons. The maximum absolute atomic E-state index is 11.1. The highest BCUT2D eigenvalue weighted by molar-refractivity contribution is 7.32. The first kappa shape index (κ1) is 19.6. The molecule has 0 amide bonds. The van der Waals surface area contributed by atoms with Crippen molar-refractivity contribution >= 4 is 13.8 Å². The molecular formula is C22H26O4P+. The first-order valence-corrected chi connectivity index (χ1v) is 10.6. The molecule has 0 spiro atoms. The molecule has 1 aliphatic rings. The van der Waals surface area contributed by atoms with Crippen LogP contribution in [0, 0.1) is 17.8 Å². The number of benzene rings is 2. The largest absolute Gasteiger partial charge is 0.746 e. The lowest BCUT2D eigenvalue weighted by atomic mass is 9.99. The molecular weight excluding hydrogens is 359 g/mol. The van der Waals surface area contributed by atoms with E-state index in [2.05, 4.69) is 13.8 Å². The van der Waals surface area contributed by atoms with Crippen molar-refractivity contribution in [3.8, 4) is 5.75 Å². The van der Waals surface area contributed by atoms with E-state index in [1.165, 1.54) is 6.26 Å². The molecule has 0 saturated heterocycles. The van der Waals surface area contributed by atoms with Crippen LogP contribution in [0.2, 0.25) is 0 Å². The van der Waals surface area contributed by atoms with Gasteiger partial charge in [-0.25, -0.2) is 4.52 Å². The fourth-order valence-electron chi connectivity index (χ4n) is 3.97. The Bertz CT molecular complexity index is 793. The highest BCUT2D eigenvalue weighted by atomic mass is 31.1. The Labute approximate surface area is 161 Å². The van der Waals surface area contributed by atoms with Gasteiger partial charge in [-0.1, -0.05) is 69.2 Å². The van der Waals surface area contributed by atoms with E-state index in [9.17, 15) is 4.57 Å². The van der Waals surface area contributed by atoms with Crippen LogP contribution < -0.4 is 4.74 Å². The summed E-state index contributed by atoms with van der Waals surface area (Å²) in [6.07, 6.45) is 3.66. The maximum atomic E-state index is 11.1. The van der Waals surface area contributed by atoms with E-state index in [1.54, 1.807) is 0 Å². The molecule has 1 fully saturated rings. The van der Waals surface area contributed by atoms with Crippen LogP contribution >= 0.6 is 8.25 Å². The van der Waals surface area contributed by atoms with Gasteiger partial charge in [-0.2, -0.15) is 0 Å². The standard InChI is InChI=1S/C22H25O4P/c1-3-19-20(4-2)22(19)21(15-26-27(23)24)17-11-8-12-18(13-17)25-14-16-9-6-5-7-10-16/h5-13,15,19-20,22H,3-4,14H2,1-2H3/p+1. The number of hydrogen-bond donors (Lipinski definition) is 1. The fraction of sp³-hybridized carbons (Fsp3) is 0.364. The summed E-state index contributed by atoms with van der Waals surface area (Å²) < 4.78 is 22.0. The number of hydrogen-bond acceptors (Lipinski definition) is 3. The molecule has 1 N–H and O–H groups in total. The molecule has 5 heteroatoms. The van der Waals surface area contributed by atoms with Crippen LogP contribution in [0.25, 0.3) is 5.57 Å². The zero-order valence-electron chi connectivity index (χ0n) is 15.7. The summed E-state index contributed by atoms with van der Waals surface area (Å²) in [5.74, 6) is 2.32. The summed E-state index contributed by atoms with van der Waals surface area (Å²) in [4.78, 5) is 9.08. The van der Waals surface area contributed by atoms with Crippen molar-refractivity contribution in [1.82, 2.24) is 0 Å². The molecule has 0 aromatic heterocycles. The normalized spacial score (nSPS) is 22.3. The molecule has 0 bridgehead atoms. The third kappa shape index (κ3) is 4.97. The van der Waals surface area contributed by atoms with E-state index in [0.717, 1.165) is 35.3 Å². The first-order chi connectivity index (χ1) is 13.1. The average molecular weight is 385 g/mol. The molecule has 2 aromatic carbocycles. The van der Waals surface area contributed by atoms with Crippen LogP contribution in [0.1, 0.15) is 37.8 Å². The zero-order valence-corrected chi connectivity index (χ0v) is 16.6. The highest BCUT2D eigenvalue weighted by Gasteiger charge is 2.49. The molecule has 0 aliphatic heterocycles. The predicted molar refractivity (Wildman–Crippen MR) is 107 cm³/mol. The van der Waals surface area contributed by atoms with Crippen molar-refractivity contribution in [3.63, 3.8) is 0 Å². The van der Waals surface area contributed by atoms with Crippen LogP contribution in [-0.4, -0.2) is 4.89 Å². The van der Waals surface area contributed by atoms with Gasteiger partial charge in [0.15, 0.2) is 6.26 Å². The lowest BCUT2D eigenvalue weighted by Gasteiger charge is -2.10. The van der Waals surface area contributed by atoms with Gasteiger partial charge in [0.2, 0.25) is 0 Å². The van der Waals surface area contributed by atoms with Gasteiger partial charge in [0.05, 0.1) is 0 Å². The molecule has 27 heavy (non-hydrogen) atoms. The van der Waals surface area contributed by atoms with E-state index in [1.807, 2.05) is 54.6 Å². The van der Waals surface area contributed by atoms with Crippen LogP contribution in [-0.2, 0) is 15.7 Å². The van der Waals surface area contributed by atoms with Gasteiger partial charge < -0.3 is 4.74 Å². The summed E-state index contributed by atoms with van der Waals surface area (Å²) in [5, 5.41) is 0. The minimum absolute atomic E-state index is 0.360. The Morgan fingerprint density at radius 1 is 1.07 bits per heavy atom. The van der Waals surface area contributed by atoms with Gasteiger partial charge >= 0.3 is 8.25 Å². The second-order valence-electron chi connectivity index (χ2n) is 6.89. The highest BCUT2D eigenvalue weighted by Crippen LogP contribution is 2.57. The monoisotopic (exact) mass is 385 g/mol. The first-order valence-electron chi connectivity index (χ1n) is 9.44. The number of rotatable bonds is 9. The smallest absolute Gasteiger partial charge is 0.489 e. The van der Waals surface area contributed by atoms with Crippen molar-refractivity contribution in [1.29, 1.82) is 0 Å². The summed E-state index contributed by atoms with van der Waals surface area (Å²) in [5.41, 5.74) is 3.08. The topological polar surface area (TPSA) is 55.8 Å². The molecule has 0 radical (unpaired) electrons. The minimum atomic E-state index is -2.66. The molecule has 2 aromatic rings. The second kappa shape index (κ2) is 9.16. The minimum Gasteiger partial charge on any atom is -0.489 e. The van der Waals surface area contributed by atoms with Gasteiger partial charge in [0.25, 0.3) is 0 Å². The second-order valence-corrected chi connectivity index (χ2v) is 7.58. The zero-order chi connectivity index (χ0) is 19.2. The average Bonchev–Trinajstić information content (AvgIpc) is 3.40. The third-order valence-electron chi connectivity index (χ3n) is 5.32. The summed E-state index contributed by atoms with van der Waals surface area (Å²) in [7, 11) is -2.66. The van der Waals surface area contributed by atoms with Gasteiger partial charge in [-0.3, -0.25) is 0 Å². The van der Waals surface area contributed by atoms with Crippen molar-refractivity contribution in [3.05, 3.63) is 72.0 Å². The van der Waals surface area contributed by atoms with Gasteiger partial charge in [0.1, 0.15) is 12.4 Å². The Morgan fingerprint density at radius 2 is 1.78 bits per heavy atom. The third-order valence-corrected chi connectivity index (χ3v) is 5.60. The Hall–Kier alpha value is -2.16. The van der Waals surface area contributed by atoms with Crippen molar-refractivity contribution in [2.24, 2.45) is 17.8 Å². The van der Waals surface area contributed by atoms with Crippen LogP contribution in [0.15, 0.2) is 60.9 Å². The van der Waals surface area contributed by atoms with Crippen molar-refractivity contribution in [2.45, 2.75) is 33.3 Å². The van der Waals surface area contributed by atoms with Crippen molar-refractivity contribution in [2.75, 3.05) is 0 Å². The maximum Gasteiger partial charge on any atom is 0.746 e. The predicted octanol–water partition coefficient (Wildman–Crippen LogP) is 5.96. The van der Waals surface area contributed by atoms with E-state index in [-0.39, 0.29) is 0 Å². The van der Waals surface area contributed by atoms with Gasteiger partial charge in [0, 0.05) is 10.1 Å². The van der Waals surface area contributed by atoms with E-state index in [4.69, 9.17) is 14.2 Å². The van der Waals surface area contributed by atoms with E-state index >= 15 is 0 Å². The van der Waals surface area contributed by atoms with E-state index < -0.39 is 8.25 Å². The molecule has 1 saturated carbocycles. The Morgan fingerprint density at radius 3 is 2.41 bits per heavy atom. The molecule has 3 rings (SSSR count). The fourth-order valence-corrected chi connectivity index (χ4v) is 4.17. The molecule has 4 nitrogen and oxygen atoms in total. The van der Waals surface area contributed by atoms with Gasteiger partial charge in [-0.05, 0) is 41.0 Å². The number of ether oxygens (including phenoxy) is 1. The molecule has 1 aliphatic carbocycles. The molecule has 0 heterocycles. The van der Waals surface area contributed by atoms with Crippen LogP contribution in [0.4, 0.5) is 0 Å². The quantitative estimate of drug-likeness (QED) is 0.428. The van der Waals surface area contributed by atoms with Gasteiger partial charge in [-0.15, -0.1) is 4.89 Å². The number of allylic oxidation sites excluding steroid dienone is 1. The lowest BCUT2D eigenvalue weighted by Crippen LogP contribution is -1.97. The molecule has 3 unspecified atom stereocenters. The summed E-state index contributed by atoms with van der Waals surface area (Å²) in [6.45, 7) is 4.89. The molecule has 3 atom stereocenters. The Balaban J connectivity index is 1.80. The lowest BCUT2D eigenvalue weighted by molar-refractivity contribution is 0.306. The SMILES string of the molecule is CCC1C(CC)C1C(=CO[P+](=O)O)c1cccc(OCc2ccccc2)c1. The van der Waals surface area contributed by atoms with Crippen LogP contribution in [0.3, 0.4) is 0 Å². The Kier molecular flexibility index (Phi) is 6.65. The van der Waals surface area contributed by atoms with Crippen molar-refractivity contribution < 1.29 is 18.7 Å². The van der Waals surface area contributed by atoms with Crippen LogP contribution in [0.5, 0.6) is 5.75 Å². The summed E-state index contributed by atoms with van der Waals surface area (Å²) >= 11 is 0. The summed E-state index contributed by atoms with van der Waals surface area (Å²) in [6, 6.07) is 17.9. The van der Waals surface area contributed by atoms with E-state index in [0.29, 0.717) is 24.4 Å².